The molecule has 0 aliphatic heterocycles. The SMILES string of the molecule is CC(C)(C)C1=CC[C-]=C1.CC(C)(C)C1=CC[C-]=C1.C[Si](C)=[Zr+2].[Cl-].[Cl-]. The molecule has 0 heterocycles. The summed E-state index contributed by atoms with van der Waals surface area (Å²) >= 11 is 1.74. The van der Waals surface area contributed by atoms with Crippen LogP contribution in [0.25, 0.3) is 0 Å². The Labute approximate surface area is 178 Å². The molecule has 4 heteroatoms. The fourth-order valence-corrected chi connectivity index (χ4v) is 1.84. The van der Waals surface area contributed by atoms with E-state index in [1.165, 1.54) is 11.1 Å². The van der Waals surface area contributed by atoms with Crippen molar-refractivity contribution in [2.45, 2.75) is 67.5 Å². The Morgan fingerprint density at radius 2 is 1.04 bits per heavy atom. The zero-order valence-corrected chi connectivity index (χ0v) is 21.4. The second kappa shape index (κ2) is 13.8. The minimum absolute atomic E-state index is 0. The van der Waals surface area contributed by atoms with Crippen LogP contribution in [-0.2, 0) is 23.3 Å². The second-order valence-corrected chi connectivity index (χ2v) is 17.3. The minimum Gasteiger partial charge on any atom is -1.00 e. The zero-order valence-electron chi connectivity index (χ0n) is 16.5. The maximum Gasteiger partial charge on any atom is -1.00 e. The maximum atomic E-state index is 3.16. The molecule has 0 atom stereocenters. The molecule has 0 saturated heterocycles. The average Bonchev–Trinajstić information content (AvgIpc) is 3.02. The molecular weight excluding hydrogens is 430 g/mol. The number of hydrogen-bond acceptors (Lipinski definition) is 0. The van der Waals surface area contributed by atoms with Gasteiger partial charge in [0, 0.05) is 0 Å². The summed E-state index contributed by atoms with van der Waals surface area (Å²) in [5.74, 6) is 0. The van der Waals surface area contributed by atoms with Gasteiger partial charge in [-0.3, -0.25) is 12.2 Å². The molecule has 2 aliphatic rings. The van der Waals surface area contributed by atoms with Crippen molar-refractivity contribution in [3.05, 3.63) is 47.6 Å². The van der Waals surface area contributed by atoms with E-state index in [2.05, 4.69) is 91.1 Å². The van der Waals surface area contributed by atoms with Crippen LogP contribution in [0.3, 0.4) is 0 Å². The van der Waals surface area contributed by atoms with Crippen LogP contribution in [-0.4, -0.2) is 5.43 Å². The van der Waals surface area contributed by atoms with Gasteiger partial charge in [-0.25, -0.2) is 12.2 Å². The fraction of sp³-hybridized carbons (Fsp3) is 0.600. The molecule has 2 rings (SSSR count). The Hall–Kier alpha value is 0.640. The van der Waals surface area contributed by atoms with Gasteiger partial charge in [-0.15, -0.1) is 12.8 Å². The molecule has 0 fully saturated rings. The van der Waals surface area contributed by atoms with Crippen molar-refractivity contribution < 1.29 is 48.1 Å². The first kappa shape index (κ1) is 29.4. The van der Waals surface area contributed by atoms with Crippen molar-refractivity contribution >= 4 is 5.43 Å². The third kappa shape index (κ3) is 14.9. The van der Waals surface area contributed by atoms with Gasteiger partial charge in [-0.1, -0.05) is 52.4 Å². The van der Waals surface area contributed by atoms with Crippen molar-refractivity contribution in [3.63, 3.8) is 0 Å². The summed E-state index contributed by atoms with van der Waals surface area (Å²) < 4.78 is 0. The van der Waals surface area contributed by atoms with Gasteiger partial charge in [0.15, 0.2) is 0 Å². The largest absolute Gasteiger partial charge is 1.00 e. The molecule has 0 nitrogen and oxygen atoms in total. The Morgan fingerprint density at radius 3 is 1.12 bits per heavy atom. The predicted molar refractivity (Wildman–Crippen MR) is 97.4 cm³/mol. The van der Waals surface area contributed by atoms with Crippen LogP contribution in [0.5, 0.6) is 0 Å². The van der Waals surface area contributed by atoms with Crippen molar-refractivity contribution in [2.75, 3.05) is 0 Å². The normalized spacial score (nSPS) is 14.9. The quantitative estimate of drug-likeness (QED) is 0.357. The molecule has 0 radical (unpaired) electrons. The molecule has 0 aromatic heterocycles. The second-order valence-electron chi connectivity index (χ2n) is 7.92. The van der Waals surface area contributed by atoms with Crippen LogP contribution in [0.2, 0.25) is 13.1 Å². The standard InChI is InChI=1S/2C9H13.C2H6Si.2ClH.Zr/c2*1-9(2,3)8-6-4-5-7-8;1-3-2;;;/h2*6-7H,4H2,1-3H3;1-2H3;2*1H;/q2*-1;;;;+2/p-2. The van der Waals surface area contributed by atoms with Crippen LogP contribution >= 0.6 is 0 Å². The monoisotopic (exact) mass is 460 g/mol. The molecule has 0 bridgehead atoms. The summed E-state index contributed by atoms with van der Waals surface area (Å²) in [7, 11) is 0. The van der Waals surface area contributed by atoms with Crippen molar-refractivity contribution in [3.8, 4) is 0 Å². The molecule has 2 aliphatic carbocycles. The average molecular weight is 463 g/mol. The molecule has 136 valence electrons. The van der Waals surface area contributed by atoms with Crippen LogP contribution in [0.15, 0.2) is 35.5 Å². The molecule has 0 unspecified atom stereocenters. The van der Waals surface area contributed by atoms with Crippen LogP contribution < -0.4 is 24.8 Å². The molecule has 0 spiro atoms. The first-order chi connectivity index (χ1) is 9.94. The molecule has 0 N–H and O–H groups in total. The van der Waals surface area contributed by atoms with Gasteiger partial charge in [-0.2, -0.15) is 23.3 Å². The van der Waals surface area contributed by atoms with Crippen LogP contribution in [0.1, 0.15) is 54.4 Å². The van der Waals surface area contributed by atoms with Gasteiger partial charge in [0.25, 0.3) is 0 Å². The van der Waals surface area contributed by atoms with Crippen LogP contribution in [0, 0.1) is 23.0 Å². The predicted octanol–water partition coefficient (Wildman–Crippen LogP) is 0.236. The Kier molecular flexibility index (Phi) is 16.9. The van der Waals surface area contributed by atoms with E-state index in [9.17, 15) is 0 Å². The molecule has 24 heavy (non-hydrogen) atoms. The zero-order chi connectivity index (χ0) is 17.4. The smallest absolute Gasteiger partial charge is 1.00 e. The van der Waals surface area contributed by atoms with Crippen molar-refractivity contribution in [1.29, 1.82) is 0 Å². The third-order valence-corrected chi connectivity index (χ3v) is 3.13. The molecule has 0 amide bonds. The van der Waals surface area contributed by atoms with Gasteiger partial charge in [-0.05, 0) is 0 Å². The molecule has 0 saturated carbocycles. The van der Waals surface area contributed by atoms with E-state index >= 15 is 0 Å². The van der Waals surface area contributed by atoms with E-state index in [1.807, 2.05) is 0 Å². The number of halogens is 2. The first-order valence-electron chi connectivity index (χ1n) is 8.01. The molecule has 0 aromatic carbocycles. The van der Waals surface area contributed by atoms with E-state index in [4.69, 9.17) is 0 Å². The number of rotatable bonds is 0. The van der Waals surface area contributed by atoms with Crippen molar-refractivity contribution in [1.82, 2.24) is 0 Å². The summed E-state index contributed by atoms with van der Waals surface area (Å²) in [5.41, 5.74) is 3.69. The van der Waals surface area contributed by atoms with Gasteiger partial charge in [0.2, 0.25) is 0 Å². The van der Waals surface area contributed by atoms with Gasteiger partial charge in [0.05, 0.1) is 0 Å². The van der Waals surface area contributed by atoms with Crippen molar-refractivity contribution in [2.24, 2.45) is 10.8 Å². The maximum absolute atomic E-state index is 3.16. The topological polar surface area (TPSA) is 0 Å². The minimum atomic E-state index is 0. The summed E-state index contributed by atoms with van der Waals surface area (Å²) in [6.45, 7) is 18.0. The van der Waals surface area contributed by atoms with Gasteiger partial charge >= 0.3 is 41.9 Å². The summed E-state index contributed by atoms with van der Waals surface area (Å²) in [4.78, 5) is 0. The molecule has 0 aromatic rings. The Bertz CT molecular complexity index is 443. The van der Waals surface area contributed by atoms with E-state index < -0.39 is 0 Å². The summed E-state index contributed by atoms with van der Waals surface area (Å²) in [6, 6.07) is 0. The number of allylic oxidation sites excluding steroid dienone is 8. The van der Waals surface area contributed by atoms with Gasteiger partial charge < -0.3 is 24.8 Å². The number of hydrogen-bond donors (Lipinski definition) is 0. The summed E-state index contributed by atoms with van der Waals surface area (Å²) in [6.07, 6.45) is 17.0. The van der Waals surface area contributed by atoms with E-state index in [0.717, 1.165) is 12.8 Å². The summed E-state index contributed by atoms with van der Waals surface area (Å²) in [5, 5.41) is 0. The Morgan fingerprint density at radius 1 is 0.792 bits per heavy atom. The van der Waals surface area contributed by atoms with Gasteiger partial charge in [0.1, 0.15) is 0 Å². The molecular formula is C20H32Cl2SiZr-2. The fourth-order valence-electron chi connectivity index (χ4n) is 1.84. The Balaban J connectivity index is -0.000000283. The van der Waals surface area contributed by atoms with E-state index in [1.54, 1.807) is 23.3 Å². The van der Waals surface area contributed by atoms with E-state index in [0.29, 0.717) is 10.8 Å². The van der Waals surface area contributed by atoms with E-state index in [-0.39, 0.29) is 30.2 Å². The first-order valence-corrected chi connectivity index (χ1v) is 14.2. The third-order valence-electron chi connectivity index (χ3n) is 3.13. The van der Waals surface area contributed by atoms with Crippen LogP contribution in [0.4, 0.5) is 0 Å².